The lowest BCUT2D eigenvalue weighted by Crippen LogP contribution is -2.55. The monoisotopic (exact) mass is 428 g/mol. The van der Waals surface area contributed by atoms with Crippen molar-refractivity contribution in [3.8, 4) is 0 Å². The fraction of sp³-hybridized carbons (Fsp3) is 0.0909. The van der Waals surface area contributed by atoms with Crippen LogP contribution < -0.4 is 9.80 Å². The summed E-state index contributed by atoms with van der Waals surface area (Å²) >= 11 is 12.2. The maximum Gasteiger partial charge on any atom is 0.331 e. The molecule has 0 radical (unpaired) electrons. The van der Waals surface area contributed by atoms with E-state index < -0.39 is 11.8 Å². The van der Waals surface area contributed by atoms with Gasteiger partial charge in [-0.15, -0.1) is 0 Å². The fourth-order valence-electron chi connectivity index (χ4n) is 2.95. The zero-order valence-corrected chi connectivity index (χ0v) is 17.0. The van der Waals surface area contributed by atoms with Crippen LogP contribution in [0, 0.1) is 0 Å². The van der Waals surface area contributed by atoms with Crippen LogP contribution in [-0.2, 0) is 10.5 Å². The van der Waals surface area contributed by atoms with Gasteiger partial charge >= 0.3 is 6.03 Å². The summed E-state index contributed by atoms with van der Waals surface area (Å²) in [4.78, 5) is 27.9. The number of aliphatic hydroxyl groups is 1. The molecule has 7 heteroatoms. The molecule has 0 spiro atoms. The standard InChI is InChI=1S/C22H18Cl2N2O3/c1-25(19-11-5-9-17(23)13-19)21(28)26(20-12-6-10-18(24)14-20)22(29,15-27)16-7-3-2-4-8-16/h2-15,29H,1H3. The topological polar surface area (TPSA) is 60.9 Å². The maximum absolute atomic E-state index is 13.5. The molecular weight excluding hydrogens is 411 g/mol. The Morgan fingerprint density at radius 2 is 1.45 bits per heavy atom. The third kappa shape index (κ3) is 4.27. The van der Waals surface area contributed by atoms with Gasteiger partial charge < -0.3 is 5.11 Å². The number of benzene rings is 3. The molecule has 0 bridgehead atoms. The smallest absolute Gasteiger partial charge is 0.331 e. The molecule has 0 heterocycles. The predicted molar refractivity (Wildman–Crippen MR) is 116 cm³/mol. The Hall–Kier alpha value is -2.86. The Morgan fingerprint density at radius 3 is 2.00 bits per heavy atom. The SMILES string of the molecule is CN(C(=O)N(c1cccc(Cl)c1)C(O)(C=O)c1ccccc1)c1cccc(Cl)c1. The van der Waals surface area contributed by atoms with Crippen molar-refractivity contribution in [1.29, 1.82) is 0 Å². The van der Waals surface area contributed by atoms with E-state index in [-0.39, 0.29) is 11.3 Å². The minimum Gasteiger partial charge on any atom is -0.361 e. The summed E-state index contributed by atoms with van der Waals surface area (Å²) in [5.74, 6) is 0. The average molecular weight is 429 g/mol. The van der Waals surface area contributed by atoms with Gasteiger partial charge in [-0.1, -0.05) is 65.7 Å². The summed E-state index contributed by atoms with van der Waals surface area (Å²) in [5.41, 5.74) is -1.26. The van der Waals surface area contributed by atoms with Gasteiger partial charge in [0.1, 0.15) is 0 Å². The van der Waals surface area contributed by atoms with Crippen LogP contribution in [0.4, 0.5) is 16.2 Å². The molecule has 1 unspecified atom stereocenters. The lowest BCUT2D eigenvalue weighted by molar-refractivity contribution is -0.124. The van der Waals surface area contributed by atoms with Crippen molar-refractivity contribution >= 4 is 46.9 Å². The van der Waals surface area contributed by atoms with Gasteiger partial charge in [0.05, 0.1) is 5.69 Å². The van der Waals surface area contributed by atoms with Crippen LogP contribution in [0.5, 0.6) is 0 Å². The second kappa shape index (κ2) is 8.66. The zero-order valence-electron chi connectivity index (χ0n) is 15.5. The van der Waals surface area contributed by atoms with Gasteiger partial charge in [-0.25, -0.2) is 4.79 Å². The Labute approximate surface area is 178 Å². The van der Waals surface area contributed by atoms with Crippen molar-refractivity contribution in [2.24, 2.45) is 0 Å². The number of carbonyl (C=O) groups excluding carboxylic acids is 2. The van der Waals surface area contributed by atoms with Crippen LogP contribution in [0.3, 0.4) is 0 Å². The van der Waals surface area contributed by atoms with Gasteiger partial charge in [-0.2, -0.15) is 0 Å². The van der Waals surface area contributed by atoms with Gasteiger partial charge in [0.15, 0.2) is 6.29 Å². The van der Waals surface area contributed by atoms with Crippen molar-refractivity contribution in [2.75, 3.05) is 16.8 Å². The number of carbonyl (C=O) groups is 2. The number of hydrogen-bond acceptors (Lipinski definition) is 3. The summed E-state index contributed by atoms with van der Waals surface area (Å²) in [6.07, 6.45) is 0.326. The highest BCUT2D eigenvalue weighted by molar-refractivity contribution is 6.31. The third-order valence-electron chi connectivity index (χ3n) is 4.44. The van der Waals surface area contributed by atoms with E-state index in [1.807, 2.05) is 0 Å². The second-order valence-electron chi connectivity index (χ2n) is 6.35. The van der Waals surface area contributed by atoms with E-state index in [2.05, 4.69) is 0 Å². The average Bonchev–Trinajstić information content (AvgIpc) is 2.73. The van der Waals surface area contributed by atoms with E-state index in [0.29, 0.717) is 22.0 Å². The Bertz CT molecular complexity index is 1030. The van der Waals surface area contributed by atoms with Gasteiger partial charge in [-0.05, 0) is 36.4 Å². The molecule has 0 aliphatic rings. The third-order valence-corrected chi connectivity index (χ3v) is 4.91. The van der Waals surface area contributed by atoms with E-state index in [0.717, 1.165) is 4.90 Å². The van der Waals surface area contributed by atoms with Crippen LogP contribution in [0.1, 0.15) is 5.56 Å². The molecule has 0 aliphatic carbocycles. The van der Waals surface area contributed by atoms with Crippen LogP contribution >= 0.6 is 23.2 Å². The molecular formula is C22H18Cl2N2O3. The number of urea groups is 1. The summed E-state index contributed by atoms with van der Waals surface area (Å²) in [6, 6.07) is 20.6. The molecule has 5 nitrogen and oxygen atoms in total. The Kier molecular flexibility index (Phi) is 6.23. The highest BCUT2D eigenvalue weighted by Gasteiger charge is 2.42. The number of amides is 2. The molecule has 148 valence electrons. The van der Waals surface area contributed by atoms with Crippen molar-refractivity contribution in [1.82, 2.24) is 0 Å². The van der Waals surface area contributed by atoms with Crippen molar-refractivity contribution < 1.29 is 14.7 Å². The first-order chi connectivity index (χ1) is 13.9. The summed E-state index contributed by atoms with van der Waals surface area (Å²) in [6.45, 7) is 0. The van der Waals surface area contributed by atoms with E-state index in [4.69, 9.17) is 23.2 Å². The van der Waals surface area contributed by atoms with Crippen LogP contribution in [0.15, 0.2) is 78.9 Å². The van der Waals surface area contributed by atoms with Gasteiger partial charge in [0.2, 0.25) is 5.72 Å². The first kappa shape index (κ1) is 20.9. The van der Waals surface area contributed by atoms with Gasteiger partial charge in [0, 0.05) is 28.3 Å². The van der Waals surface area contributed by atoms with Gasteiger partial charge in [-0.3, -0.25) is 14.6 Å². The number of rotatable bonds is 5. The highest BCUT2D eigenvalue weighted by Crippen LogP contribution is 2.33. The van der Waals surface area contributed by atoms with Gasteiger partial charge in [0.25, 0.3) is 0 Å². The van der Waals surface area contributed by atoms with Crippen molar-refractivity contribution in [3.63, 3.8) is 0 Å². The number of aldehydes is 1. The number of anilines is 2. The molecule has 3 aromatic rings. The molecule has 2 amide bonds. The lowest BCUT2D eigenvalue weighted by Gasteiger charge is -2.38. The van der Waals surface area contributed by atoms with Crippen LogP contribution in [0.2, 0.25) is 10.0 Å². The summed E-state index contributed by atoms with van der Waals surface area (Å²) in [5, 5.41) is 12.2. The quantitative estimate of drug-likeness (QED) is 0.454. The minimum absolute atomic E-state index is 0.239. The molecule has 0 aromatic heterocycles. The number of hydrogen-bond donors (Lipinski definition) is 1. The number of halogens is 2. The second-order valence-corrected chi connectivity index (χ2v) is 7.22. The van der Waals surface area contributed by atoms with E-state index in [1.165, 1.54) is 18.0 Å². The van der Waals surface area contributed by atoms with E-state index in [9.17, 15) is 14.7 Å². The maximum atomic E-state index is 13.5. The molecule has 0 saturated heterocycles. The van der Waals surface area contributed by atoms with Crippen LogP contribution in [0.25, 0.3) is 0 Å². The highest BCUT2D eigenvalue weighted by atomic mass is 35.5. The van der Waals surface area contributed by atoms with Crippen LogP contribution in [-0.4, -0.2) is 24.5 Å². The number of nitrogens with zero attached hydrogens (tertiary/aromatic N) is 2. The largest absolute Gasteiger partial charge is 0.361 e. The zero-order chi connectivity index (χ0) is 21.0. The normalized spacial score (nSPS) is 12.7. The summed E-state index contributed by atoms with van der Waals surface area (Å²) in [7, 11) is 1.53. The first-order valence-corrected chi connectivity index (χ1v) is 9.45. The molecule has 3 rings (SSSR count). The van der Waals surface area contributed by atoms with Crippen molar-refractivity contribution in [2.45, 2.75) is 5.72 Å². The molecule has 0 saturated carbocycles. The fourth-order valence-corrected chi connectivity index (χ4v) is 3.32. The minimum atomic E-state index is -2.25. The molecule has 0 fully saturated rings. The Morgan fingerprint density at radius 1 is 0.897 bits per heavy atom. The molecule has 0 aliphatic heterocycles. The Balaban J connectivity index is 2.15. The molecule has 3 aromatic carbocycles. The van der Waals surface area contributed by atoms with E-state index in [1.54, 1.807) is 72.8 Å². The van der Waals surface area contributed by atoms with E-state index >= 15 is 0 Å². The lowest BCUT2D eigenvalue weighted by atomic mass is 10.0. The molecule has 29 heavy (non-hydrogen) atoms. The predicted octanol–water partition coefficient (Wildman–Crippen LogP) is 5.10. The molecule has 1 atom stereocenters. The summed E-state index contributed by atoms with van der Waals surface area (Å²) < 4.78 is 0. The first-order valence-electron chi connectivity index (χ1n) is 8.70. The van der Waals surface area contributed by atoms with Crippen molar-refractivity contribution in [3.05, 3.63) is 94.5 Å². The molecule has 1 N–H and O–H groups in total.